The quantitative estimate of drug-likeness (QED) is 0.740. The fraction of sp³-hybridized carbons (Fsp3) is 0. The Morgan fingerprint density at radius 3 is 2.64 bits per heavy atom. The monoisotopic (exact) mass is 276 g/mol. The highest BCUT2D eigenvalue weighted by molar-refractivity contribution is 9.11. The van der Waals surface area contributed by atoms with Gasteiger partial charge in [0.25, 0.3) is 0 Å². The lowest BCUT2D eigenvalue weighted by molar-refractivity contribution is 0.465. The van der Waals surface area contributed by atoms with Crippen molar-refractivity contribution in [2.45, 2.75) is 0 Å². The van der Waals surface area contributed by atoms with Crippen molar-refractivity contribution in [3.05, 3.63) is 20.8 Å². The second-order valence-electron chi connectivity index (χ2n) is 1.74. The molecule has 0 aromatic carbocycles. The highest BCUT2D eigenvalue weighted by Crippen LogP contribution is 2.30. The summed E-state index contributed by atoms with van der Waals surface area (Å²) in [5.41, 5.74) is 0.251. The van der Waals surface area contributed by atoms with Crippen LogP contribution in [-0.4, -0.2) is 10.1 Å². The summed E-state index contributed by atoms with van der Waals surface area (Å²) in [7, 11) is 0. The lowest BCUT2D eigenvalue weighted by Gasteiger charge is -1.98. The van der Waals surface area contributed by atoms with Gasteiger partial charge in [-0.3, -0.25) is 0 Å². The van der Waals surface area contributed by atoms with Crippen LogP contribution in [0.1, 0.15) is 5.69 Å². The number of aromatic nitrogens is 1. The van der Waals surface area contributed by atoms with Crippen molar-refractivity contribution in [3.8, 4) is 11.8 Å². The Kier molecular flexibility index (Phi) is 2.47. The number of nitrogens with zero attached hydrogens (tertiary/aromatic N) is 2. The molecule has 1 N–H and O–H groups in total. The van der Waals surface area contributed by atoms with Crippen LogP contribution in [0.25, 0.3) is 0 Å². The summed E-state index contributed by atoms with van der Waals surface area (Å²) in [6.45, 7) is 0. The van der Waals surface area contributed by atoms with E-state index in [1.165, 1.54) is 6.07 Å². The zero-order valence-corrected chi connectivity index (χ0v) is 8.35. The first-order valence-electron chi connectivity index (χ1n) is 2.60. The molecule has 0 spiro atoms. The molecule has 0 radical (unpaired) electrons. The second-order valence-corrected chi connectivity index (χ2v) is 3.35. The summed E-state index contributed by atoms with van der Waals surface area (Å²) >= 11 is 6.06. The Morgan fingerprint density at radius 1 is 1.55 bits per heavy atom. The number of pyridine rings is 1. The fourth-order valence-electron chi connectivity index (χ4n) is 0.535. The van der Waals surface area contributed by atoms with Crippen LogP contribution >= 0.6 is 31.9 Å². The molecule has 1 aromatic heterocycles. The Balaban J connectivity index is 3.35. The largest absolute Gasteiger partial charge is 0.504 e. The Labute approximate surface area is 79.9 Å². The minimum Gasteiger partial charge on any atom is -0.504 e. The first-order valence-corrected chi connectivity index (χ1v) is 4.19. The van der Waals surface area contributed by atoms with Gasteiger partial charge in [0.15, 0.2) is 5.75 Å². The predicted octanol–water partition coefficient (Wildman–Crippen LogP) is 2.18. The Hall–Kier alpha value is -0.600. The SMILES string of the molecule is N#Cc1cc(Br)c(O)c(Br)n1. The van der Waals surface area contributed by atoms with E-state index < -0.39 is 0 Å². The predicted molar refractivity (Wildman–Crippen MR) is 46.0 cm³/mol. The van der Waals surface area contributed by atoms with E-state index >= 15 is 0 Å². The van der Waals surface area contributed by atoms with Gasteiger partial charge >= 0.3 is 0 Å². The highest BCUT2D eigenvalue weighted by Gasteiger charge is 2.06. The van der Waals surface area contributed by atoms with Crippen LogP contribution < -0.4 is 0 Å². The normalized spacial score (nSPS) is 9.18. The summed E-state index contributed by atoms with van der Waals surface area (Å²) in [4.78, 5) is 3.73. The lowest BCUT2D eigenvalue weighted by Crippen LogP contribution is -1.84. The first-order chi connectivity index (χ1) is 5.15. The zero-order chi connectivity index (χ0) is 8.43. The molecule has 1 rings (SSSR count). The van der Waals surface area contributed by atoms with Gasteiger partial charge in [-0.25, -0.2) is 4.98 Å². The van der Waals surface area contributed by atoms with Crippen molar-refractivity contribution in [3.63, 3.8) is 0 Å². The number of aromatic hydroxyl groups is 1. The average Bonchev–Trinajstić information content (AvgIpc) is 1.99. The molecule has 3 nitrogen and oxygen atoms in total. The zero-order valence-electron chi connectivity index (χ0n) is 5.17. The molecule has 0 aliphatic heterocycles. The topological polar surface area (TPSA) is 56.9 Å². The van der Waals surface area contributed by atoms with Gasteiger partial charge in [0.2, 0.25) is 0 Å². The van der Waals surface area contributed by atoms with Crippen molar-refractivity contribution >= 4 is 31.9 Å². The van der Waals surface area contributed by atoms with Crippen LogP contribution in [0.15, 0.2) is 15.1 Å². The van der Waals surface area contributed by atoms with E-state index in [1.54, 1.807) is 0 Å². The molecule has 0 unspecified atom stereocenters. The van der Waals surface area contributed by atoms with E-state index in [0.717, 1.165) is 0 Å². The van der Waals surface area contributed by atoms with E-state index in [-0.39, 0.29) is 16.0 Å². The molecule has 0 bridgehead atoms. The van der Waals surface area contributed by atoms with E-state index in [1.807, 2.05) is 6.07 Å². The van der Waals surface area contributed by atoms with Gasteiger partial charge < -0.3 is 5.11 Å². The second kappa shape index (κ2) is 3.20. The molecular formula is C6H2Br2N2O. The van der Waals surface area contributed by atoms with Crippen LogP contribution in [0.2, 0.25) is 0 Å². The molecule has 1 aromatic rings. The third kappa shape index (κ3) is 1.70. The van der Waals surface area contributed by atoms with Crippen LogP contribution in [-0.2, 0) is 0 Å². The van der Waals surface area contributed by atoms with Crippen molar-refractivity contribution in [1.82, 2.24) is 4.98 Å². The van der Waals surface area contributed by atoms with Gasteiger partial charge in [-0.15, -0.1) is 0 Å². The summed E-state index contributed by atoms with van der Waals surface area (Å²) in [5.74, 6) is 0.00370. The molecule has 0 atom stereocenters. The molecule has 56 valence electrons. The summed E-state index contributed by atoms with van der Waals surface area (Å²) in [5, 5.41) is 17.6. The fourth-order valence-corrected chi connectivity index (χ4v) is 1.61. The number of nitriles is 1. The van der Waals surface area contributed by atoms with Crippen molar-refractivity contribution < 1.29 is 5.11 Å². The third-order valence-corrected chi connectivity index (χ3v) is 2.18. The van der Waals surface area contributed by atoms with Crippen LogP contribution in [0, 0.1) is 11.3 Å². The number of halogens is 2. The third-order valence-electron chi connectivity index (χ3n) is 1.02. The van der Waals surface area contributed by atoms with Crippen molar-refractivity contribution in [2.24, 2.45) is 0 Å². The summed E-state index contributed by atoms with van der Waals surface area (Å²) in [6.07, 6.45) is 0. The summed E-state index contributed by atoms with van der Waals surface area (Å²) in [6, 6.07) is 3.30. The van der Waals surface area contributed by atoms with E-state index in [9.17, 15) is 0 Å². The molecular weight excluding hydrogens is 276 g/mol. The van der Waals surface area contributed by atoms with Gasteiger partial charge in [0.1, 0.15) is 16.4 Å². The van der Waals surface area contributed by atoms with E-state index in [0.29, 0.717) is 4.47 Å². The van der Waals surface area contributed by atoms with Gasteiger partial charge in [-0.2, -0.15) is 5.26 Å². The summed E-state index contributed by atoms with van der Waals surface area (Å²) < 4.78 is 0.722. The van der Waals surface area contributed by atoms with Gasteiger partial charge in [-0.1, -0.05) is 0 Å². The van der Waals surface area contributed by atoms with Gasteiger partial charge in [-0.05, 0) is 37.9 Å². The standard InChI is InChI=1S/C6H2Br2N2O/c7-4-1-3(2-9)10-6(8)5(4)11/h1,11H. The Bertz CT molecular complexity index is 309. The molecule has 0 aliphatic rings. The number of rotatable bonds is 0. The van der Waals surface area contributed by atoms with Gasteiger partial charge in [0.05, 0.1) is 4.47 Å². The molecule has 0 saturated heterocycles. The lowest BCUT2D eigenvalue weighted by atomic mass is 10.4. The number of hydrogen-bond acceptors (Lipinski definition) is 3. The molecule has 0 saturated carbocycles. The molecule has 5 heteroatoms. The maximum atomic E-state index is 9.16. The minimum atomic E-state index is 0.00370. The van der Waals surface area contributed by atoms with Crippen LogP contribution in [0.4, 0.5) is 0 Å². The molecule has 0 fully saturated rings. The van der Waals surface area contributed by atoms with Crippen LogP contribution in [0.5, 0.6) is 5.75 Å². The number of hydrogen-bond donors (Lipinski definition) is 1. The highest BCUT2D eigenvalue weighted by atomic mass is 79.9. The van der Waals surface area contributed by atoms with Crippen molar-refractivity contribution in [2.75, 3.05) is 0 Å². The average molecular weight is 278 g/mol. The smallest absolute Gasteiger partial charge is 0.162 e. The van der Waals surface area contributed by atoms with Crippen molar-refractivity contribution in [1.29, 1.82) is 5.26 Å². The molecule has 1 heterocycles. The van der Waals surface area contributed by atoms with Crippen LogP contribution in [0.3, 0.4) is 0 Å². The first kappa shape index (κ1) is 8.50. The van der Waals surface area contributed by atoms with Gasteiger partial charge in [0, 0.05) is 0 Å². The maximum Gasteiger partial charge on any atom is 0.162 e. The Morgan fingerprint density at radius 2 is 2.18 bits per heavy atom. The molecule has 0 amide bonds. The van der Waals surface area contributed by atoms with E-state index in [2.05, 4.69) is 36.8 Å². The molecule has 11 heavy (non-hydrogen) atoms. The van der Waals surface area contributed by atoms with E-state index in [4.69, 9.17) is 10.4 Å². The maximum absolute atomic E-state index is 9.16. The minimum absolute atomic E-state index is 0.00370. The molecule has 0 aliphatic carbocycles.